The Labute approximate surface area is 87.8 Å². The quantitative estimate of drug-likeness (QED) is 0.691. The summed E-state index contributed by atoms with van der Waals surface area (Å²) in [7, 11) is 0. The molecule has 0 aromatic carbocycles. The van der Waals surface area contributed by atoms with E-state index in [-0.39, 0.29) is 5.41 Å². The van der Waals surface area contributed by atoms with Gasteiger partial charge in [0, 0.05) is 18.5 Å². The smallest absolute Gasteiger partial charge is 0.124 e. The molecule has 0 saturated heterocycles. The van der Waals surface area contributed by atoms with E-state index < -0.39 is 0 Å². The average molecular weight is 197 g/mol. The Morgan fingerprint density at radius 1 is 1.29 bits per heavy atom. The number of hydrogen-bond acceptors (Lipinski definition) is 3. The van der Waals surface area contributed by atoms with Gasteiger partial charge in [0.1, 0.15) is 12.5 Å². The van der Waals surface area contributed by atoms with Crippen LogP contribution in [0.1, 0.15) is 41.0 Å². The molecule has 1 unspecified atom stereocenters. The first-order valence-electron chi connectivity index (χ1n) is 5.57. The number of nitrogens with zero attached hydrogens (tertiary/aromatic N) is 3. The third-order valence-corrected chi connectivity index (χ3v) is 2.53. The van der Waals surface area contributed by atoms with E-state index in [1.807, 2.05) is 6.34 Å². The molecule has 3 nitrogen and oxygen atoms in total. The van der Waals surface area contributed by atoms with E-state index in [1.165, 1.54) is 6.42 Å². The lowest BCUT2D eigenvalue weighted by molar-refractivity contribution is 0.0404. The first kappa shape index (κ1) is 11.3. The highest BCUT2D eigenvalue weighted by atomic mass is 15.6. The molecule has 0 spiro atoms. The number of rotatable bonds is 3. The van der Waals surface area contributed by atoms with Crippen LogP contribution in [-0.4, -0.2) is 35.5 Å². The Morgan fingerprint density at radius 3 is 2.36 bits per heavy atom. The molecule has 0 N–H and O–H groups in total. The van der Waals surface area contributed by atoms with Gasteiger partial charge >= 0.3 is 0 Å². The maximum absolute atomic E-state index is 4.44. The van der Waals surface area contributed by atoms with Crippen LogP contribution in [0.4, 0.5) is 0 Å². The summed E-state index contributed by atoms with van der Waals surface area (Å²) in [5.41, 5.74) is 0.252. The molecular formula is C11H23N3. The molecule has 1 aliphatic heterocycles. The van der Waals surface area contributed by atoms with Crippen LogP contribution in [0.5, 0.6) is 0 Å². The summed E-state index contributed by atoms with van der Waals surface area (Å²) in [6.07, 6.45) is 3.59. The minimum Gasteiger partial charge on any atom is -0.339 e. The summed E-state index contributed by atoms with van der Waals surface area (Å²) in [5, 5.41) is 6.61. The molecule has 0 amide bonds. The topological polar surface area (TPSA) is 18.8 Å². The zero-order valence-corrected chi connectivity index (χ0v) is 10.1. The van der Waals surface area contributed by atoms with Crippen molar-refractivity contribution in [2.24, 2.45) is 10.5 Å². The van der Waals surface area contributed by atoms with E-state index in [0.717, 1.165) is 13.1 Å². The lowest BCUT2D eigenvalue weighted by atomic mass is 9.91. The Hall–Kier alpha value is -0.730. The minimum absolute atomic E-state index is 0.252. The second kappa shape index (κ2) is 4.20. The van der Waals surface area contributed by atoms with Crippen molar-refractivity contribution >= 4 is 6.34 Å². The van der Waals surface area contributed by atoms with Crippen molar-refractivity contribution in [1.29, 1.82) is 0 Å². The van der Waals surface area contributed by atoms with Crippen molar-refractivity contribution in [3.8, 4) is 0 Å². The fraction of sp³-hybridized carbons (Fsp3) is 0.909. The van der Waals surface area contributed by atoms with Crippen LogP contribution in [0.15, 0.2) is 5.10 Å². The molecule has 14 heavy (non-hydrogen) atoms. The molecule has 0 fully saturated rings. The van der Waals surface area contributed by atoms with Gasteiger partial charge in [-0.05, 0) is 13.3 Å². The summed E-state index contributed by atoms with van der Waals surface area (Å²) in [6, 6.07) is 0. The van der Waals surface area contributed by atoms with E-state index in [1.54, 1.807) is 0 Å². The van der Waals surface area contributed by atoms with E-state index >= 15 is 0 Å². The van der Waals surface area contributed by atoms with E-state index in [0.29, 0.717) is 6.17 Å². The molecule has 0 bridgehead atoms. The highest BCUT2D eigenvalue weighted by Crippen LogP contribution is 2.29. The van der Waals surface area contributed by atoms with Crippen LogP contribution in [-0.2, 0) is 0 Å². The van der Waals surface area contributed by atoms with Crippen molar-refractivity contribution in [2.75, 3.05) is 13.1 Å². The largest absolute Gasteiger partial charge is 0.339 e. The first-order chi connectivity index (χ1) is 6.50. The molecular weight excluding hydrogens is 174 g/mol. The summed E-state index contributed by atoms with van der Waals surface area (Å²) in [5.74, 6) is 0. The first-order valence-corrected chi connectivity index (χ1v) is 5.57. The average Bonchev–Trinajstić information content (AvgIpc) is 2.47. The van der Waals surface area contributed by atoms with Crippen LogP contribution in [0.25, 0.3) is 0 Å². The van der Waals surface area contributed by atoms with Crippen molar-refractivity contribution in [1.82, 2.24) is 9.91 Å². The normalized spacial score (nSPS) is 22.2. The second-order valence-electron chi connectivity index (χ2n) is 4.96. The van der Waals surface area contributed by atoms with Gasteiger partial charge in [0.2, 0.25) is 0 Å². The predicted molar refractivity (Wildman–Crippen MR) is 61.1 cm³/mol. The van der Waals surface area contributed by atoms with Crippen molar-refractivity contribution in [3.05, 3.63) is 0 Å². The summed E-state index contributed by atoms with van der Waals surface area (Å²) in [4.78, 5) is 2.35. The van der Waals surface area contributed by atoms with Crippen molar-refractivity contribution in [2.45, 2.75) is 47.2 Å². The van der Waals surface area contributed by atoms with Crippen LogP contribution < -0.4 is 0 Å². The fourth-order valence-electron chi connectivity index (χ4n) is 2.07. The van der Waals surface area contributed by atoms with Crippen molar-refractivity contribution in [3.63, 3.8) is 0 Å². The third-order valence-electron chi connectivity index (χ3n) is 2.53. The maximum Gasteiger partial charge on any atom is 0.124 e. The fourth-order valence-corrected chi connectivity index (χ4v) is 2.07. The Kier molecular flexibility index (Phi) is 3.40. The van der Waals surface area contributed by atoms with E-state index in [2.05, 4.69) is 49.6 Å². The van der Waals surface area contributed by atoms with Gasteiger partial charge in [-0.3, -0.25) is 5.01 Å². The van der Waals surface area contributed by atoms with Gasteiger partial charge in [-0.1, -0.05) is 27.7 Å². The zero-order valence-electron chi connectivity index (χ0n) is 10.1. The Morgan fingerprint density at radius 2 is 1.93 bits per heavy atom. The lowest BCUT2D eigenvalue weighted by Crippen LogP contribution is -2.48. The van der Waals surface area contributed by atoms with Gasteiger partial charge in [-0.2, -0.15) is 5.10 Å². The summed E-state index contributed by atoms with van der Waals surface area (Å²) in [6.45, 7) is 13.3. The second-order valence-corrected chi connectivity index (χ2v) is 4.96. The molecule has 1 atom stereocenters. The minimum atomic E-state index is 0.252. The summed E-state index contributed by atoms with van der Waals surface area (Å²) >= 11 is 0. The monoisotopic (exact) mass is 197 g/mol. The van der Waals surface area contributed by atoms with Gasteiger partial charge in [0.05, 0.1) is 0 Å². The van der Waals surface area contributed by atoms with Crippen LogP contribution >= 0.6 is 0 Å². The molecule has 82 valence electrons. The zero-order chi connectivity index (χ0) is 10.8. The maximum atomic E-state index is 4.44. The highest BCUT2D eigenvalue weighted by Gasteiger charge is 2.36. The molecule has 0 aromatic rings. The Bertz CT molecular complexity index is 205. The summed E-state index contributed by atoms with van der Waals surface area (Å²) < 4.78 is 0. The molecule has 1 aliphatic rings. The number of hydrogen-bond donors (Lipinski definition) is 0. The Balaban J connectivity index is 2.74. The van der Waals surface area contributed by atoms with E-state index in [9.17, 15) is 0 Å². The van der Waals surface area contributed by atoms with Gasteiger partial charge in [-0.25, -0.2) is 0 Å². The predicted octanol–water partition coefficient (Wildman–Crippen LogP) is 2.35. The van der Waals surface area contributed by atoms with Crippen LogP contribution in [0.2, 0.25) is 0 Å². The molecule has 0 saturated carbocycles. The molecule has 1 rings (SSSR count). The SMILES string of the molecule is CCCN1C=NN(CC)C1C(C)(C)C. The highest BCUT2D eigenvalue weighted by molar-refractivity contribution is 5.57. The molecule has 3 heteroatoms. The van der Waals surface area contributed by atoms with Gasteiger partial charge in [0.25, 0.3) is 0 Å². The van der Waals surface area contributed by atoms with Crippen LogP contribution in [0, 0.1) is 5.41 Å². The van der Waals surface area contributed by atoms with Crippen molar-refractivity contribution < 1.29 is 0 Å². The van der Waals surface area contributed by atoms with E-state index in [4.69, 9.17) is 0 Å². The molecule has 0 radical (unpaired) electrons. The lowest BCUT2D eigenvalue weighted by Gasteiger charge is -2.39. The van der Waals surface area contributed by atoms with Crippen LogP contribution in [0.3, 0.4) is 0 Å². The third kappa shape index (κ3) is 2.20. The molecule has 0 aromatic heterocycles. The molecule has 1 heterocycles. The van der Waals surface area contributed by atoms with Gasteiger partial charge in [-0.15, -0.1) is 0 Å². The van der Waals surface area contributed by atoms with Gasteiger partial charge in [0.15, 0.2) is 0 Å². The standard InChI is InChI=1S/C11H23N3/c1-6-8-13-9-12-14(7-2)10(13)11(3,4)5/h9-10H,6-8H2,1-5H3. The molecule has 0 aliphatic carbocycles. The number of hydrazone groups is 1. The van der Waals surface area contributed by atoms with Gasteiger partial charge < -0.3 is 4.90 Å².